The van der Waals surface area contributed by atoms with Gasteiger partial charge in [0.1, 0.15) is 17.2 Å². The Morgan fingerprint density at radius 2 is 1.00 bits per heavy atom. The fourth-order valence-corrected chi connectivity index (χ4v) is 7.90. The topological polar surface area (TPSA) is 157 Å². The van der Waals surface area contributed by atoms with Crippen molar-refractivity contribution in [2.75, 3.05) is 0 Å². The number of esters is 1. The predicted molar refractivity (Wildman–Crippen MR) is 247 cm³/mol. The molecule has 0 aliphatic heterocycles. The number of carbonyl (C=O) groups excluding carboxylic acids is 2. The Bertz CT molecular complexity index is 2570. The van der Waals surface area contributed by atoms with E-state index in [2.05, 4.69) is 36.8 Å². The predicted octanol–water partition coefficient (Wildman–Crippen LogP) is 6.18. The van der Waals surface area contributed by atoms with Gasteiger partial charge in [0.05, 0.1) is 30.8 Å². The number of para-hydroxylation sites is 2. The minimum atomic E-state index is -1.36. The summed E-state index contributed by atoms with van der Waals surface area (Å²) < 4.78 is 36.6. The smallest absolute Gasteiger partial charge is 0.550 e. The van der Waals surface area contributed by atoms with Crippen LogP contribution in [0, 0.1) is 11.6 Å². The van der Waals surface area contributed by atoms with Crippen LogP contribution in [0.15, 0.2) is 109 Å². The summed E-state index contributed by atoms with van der Waals surface area (Å²) in [6.07, 6.45) is 1.74. The first-order valence-electron chi connectivity index (χ1n) is 21.5. The number of carboxylic acid groups (broad SMARTS) is 1. The van der Waals surface area contributed by atoms with Crippen LogP contribution in [0.2, 0.25) is 0 Å². The van der Waals surface area contributed by atoms with Crippen molar-refractivity contribution in [3.63, 3.8) is 0 Å². The third-order valence-corrected chi connectivity index (χ3v) is 10.4. The fraction of sp³-hybridized carbons (Fsp3) is 0.346. The summed E-state index contributed by atoms with van der Waals surface area (Å²) in [6, 6.07) is 28.8. The molecule has 0 fully saturated rings. The minimum Gasteiger partial charge on any atom is -0.550 e. The molecule has 6 aromatic rings. The van der Waals surface area contributed by atoms with Crippen LogP contribution >= 0.6 is 0 Å². The molecule has 0 unspecified atom stereocenters. The van der Waals surface area contributed by atoms with Gasteiger partial charge in [0.25, 0.3) is 0 Å². The number of hydrogen-bond acceptors (Lipinski definition) is 8. The number of aliphatic hydroxyl groups excluding tert-OH is 4. The summed E-state index contributed by atoms with van der Waals surface area (Å²) in [5, 5.41) is 53.5. The first-order valence-corrected chi connectivity index (χ1v) is 21.5. The third kappa shape index (κ3) is 14.3. The van der Waals surface area contributed by atoms with Gasteiger partial charge in [0.15, 0.2) is 0 Å². The molecule has 0 aliphatic rings. The second-order valence-corrected chi connectivity index (χ2v) is 17.5. The Balaban J connectivity index is 0.000000282. The monoisotopic (exact) mass is 900 g/mol. The van der Waals surface area contributed by atoms with Crippen molar-refractivity contribution in [1.82, 2.24) is 9.13 Å². The van der Waals surface area contributed by atoms with Gasteiger partial charge < -0.3 is 44.2 Å². The molecule has 4 atom stereocenters. The van der Waals surface area contributed by atoms with Crippen LogP contribution in [0.25, 0.3) is 56.2 Å². The maximum Gasteiger partial charge on any atom is 1.00 e. The molecule has 65 heavy (non-hydrogen) atoms. The second-order valence-electron chi connectivity index (χ2n) is 17.5. The molecule has 0 spiro atoms. The quantitative estimate of drug-likeness (QED) is 0.0663. The van der Waals surface area contributed by atoms with Crippen LogP contribution in [-0.4, -0.2) is 71.5 Å². The molecule has 340 valence electrons. The number of nitrogens with zero attached hydrogens (tertiary/aromatic N) is 2. The van der Waals surface area contributed by atoms with Crippen LogP contribution in [-0.2, 0) is 14.3 Å². The summed E-state index contributed by atoms with van der Waals surface area (Å²) >= 11 is 0. The number of aromatic nitrogens is 2. The summed E-state index contributed by atoms with van der Waals surface area (Å²) in [6.45, 7) is 13.6. The molecule has 0 aliphatic carbocycles. The number of ether oxygens (including phenoxy) is 1. The van der Waals surface area contributed by atoms with Crippen LogP contribution in [0.5, 0.6) is 0 Å². The van der Waals surface area contributed by atoms with Crippen LogP contribution in [0.4, 0.5) is 8.78 Å². The van der Waals surface area contributed by atoms with Gasteiger partial charge in [-0.1, -0.05) is 72.8 Å². The van der Waals surface area contributed by atoms with E-state index < -0.39 is 48.4 Å². The van der Waals surface area contributed by atoms with Gasteiger partial charge in [0, 0.05) is 81.6 Å². The minimum absolute atomic E-state index is 0. The fourth-order valence-electron chi connectivity index (χ4n) is 7.90. The Morgan fingerprint density at radius 1 is 0.631 bits per heavy atom. The van der Waals surface area contributed by atoms with Crippen molar-refractivity contribution < 1.29 is 78.2 Å². The van der Waals surface area contributed by atoms with Gasteiger partial charge >= 0.3 is 35.5 Å². The number of aliphatic hydroxyl groups is 4. The van der Waals surface area contributed by atoms with Crippen molar-refractivity contribution in [3.05, 3.63) is 132 Å². The molecular formula is C52H59F2N2NaO8. The SMILES string of the molecule is CC(C)n1c(/C=C/[C@@H](O)C[C@@H](O)CC(=O)OC(C)(C)C)c(-c2ccc(F)cc2)c2ccccc21.CC(C)n1c(/C=C/[C@@H](O)C[C@@H](O)CC(=O)[O-])c(-c2ccc(F)cc2)c2ccccc21.[Na+]. The van der Waals surface area contributed by atoms with E-state index in [1.165, 1.54) is 24.3 Å². The number of aliphatic carboxylic acids is 1. The number of carbonyl (C=O) groups is 2. The van der Waals surface area contributed by atoms with Gasteiger partial charge in [0.2, 0.25) is 0 Å². The summed E-state index contributed by atoms with van der Waals surface area (Å²) in [7, 11) is 0. The molecule has 0 saturated carbocycles. The third-order valence-electron chi connectivity index (χ3n) is 10.4. The van der Waals surface area contributed by atoms with E-state index in [0.717, 1.165) is 55.4 Å². The first-order chi connectivity index (χ1) is 30.2. The normalized spacial score (nSPS) is 13.8. The van der Waals surface area contributed by atoms with E-state index in [1.807, 2.05) is 54.6 Å². The zero-order valence-corrected chi connectivity index (χ0v) is 40.4. The number of hydrogen-bond donors (Lipinski definition) is 4. The molecule has 0 radical (unpaired) electrons. The summed E-state index contributed by atoms with van der Waals surface area (Å²) in [5.74, 6) is -2.49. The molecule has 4 N–H and O–H groups in total. The maximum atomic E-state index is 13.6. The second kappa shape index (κ2) is 23.5. The zero-order chi connectivity index (χ0) is 46.9. The van der Waals surface area contributed by atoms with E-state index in [1.54, 1.807) is 63.3 Å². The Labute approximate surface area is 401 Å². The van der Waals surface area contributed by atoms with Crippen molar-refractivity contribution >= 4 is 45.9 Å². The van der Waals surface area contributed by atoms with E-state index in [4.69, 9.17) is 4.74 Å². The average Bonchev–Trinajstić information content (AvgIpc) is 3.72. The Morgan fingerprint density at radius 3 is 1.35 bits per heavy atom. The molecule has 0 amide bonds. The van der Waals surface area contributed by atoms with E-state index in [0.29, 0.717) is 0 Å². The van der Waals surface area contributed by atoms with E-state index in [9.17, 15) is 43.9 Å². The molecule has 0 bridgehead atoms. The molecule has 4 aromatic carbocycles. The van der Waals surface area contributed by atoms with E-state index >= 15 is 0 Å². The van der Waals surface area contributed by atoms with Crippen LogP contribution in [0.1, 0.15) is 97.6 Å². The number of halogens is 2. The molecule has 0 saturated heterocycles. The van der Waals surface area contributed by atoms with Crippen molar-refractivity contribution in [3.8, 4) is 22.3 Å². The molecule has 2 aromatic heterocycles. The molecule has 13 heteroatoms. The maximum absolute atomic E-state index is 13.6. The van der Waals surface area contributed by atoms with Gasteiger partial charge in [-0.25, -0.2) is 8.78 Å². The van der Waals surface area contributed by atoms with Gasteiger partial charge in [-0.2, -0.15) is 0 Å². The number of benzene rings is 4. The van der Waals surface area contributed by atoms with Crippen molar-refractivity contribution in [2.24, 2.45) is 0 Å². The summed E-state index contributed by atoms with van der Waals surface area (Å²) in [5.41, 5.74) is 6.72. The van der Waals surface area contributed by atoms with Crippen molar-refractivity contribution in [2.45, 2.75) is 116 Å². The van der Waals surface area contributed by atoms with Crippen LogP contribution in [0.3, 0.4) is 0 Å². The Kier molecular flexibility index (Phi) is 19.1. The average molecular weight is 901 g/mol. The number of fused-ring (bicyclic) bond motifs is 2. The Hall–Kier alpha value is -4.92. The largest absolute Gasteiger partial charge is 1.00 e. The van der Waals surface area contributed by atoms with Crippen LogP contribution < -0.4 is 34.7 Å². The van der Waals surface area contributed by atoms with E-state index in [-0.39, 0.29) is 72.5 Å². The summed E-state index contributed by atoms with van der Waals surface area (Å²) in [4.78, 5) is 22.6. The molecular weight excluding hydrogens is 842 g/mol. The molecule has 6 rings (SSSR count). The number of carboxylic acids is 1. The van der Waals surface area contributed by atoms with Crippen molar-refractivity contribution in [1.29, 1.82) is 0 Å². The first kappa shape index (κ1) is 52.7. The molecule has 2 heterocycles. The molecule has 10 nitrogen and oxygen atoms in total. The van der Waals surface area contributed by atoms with Gasteiger partial charge in [-0.15, -0.1) is 0 Å². The standard InChI is InChI=1S/C28H34FNO4.C24H26FNO4.Na/c1-18(2)30-24-9-7-6-8-23(24)27(19-10-12-20(29)13-11-19)25(30)15-14-21(31)16-22(32)17-26(33)34-28(3,4)5;1-15(2)26-21-6-4-3-5-20(21)24(16-7-9-17(25)10-8-16)22(26)12-11-18(27)13-19(28)14-23(29)30;/h6-15,18,21-22,31-32H,16-17H2,1-5H3;3-12,15,18-19,27-28H,13-14H2,1-2H3,(H,29,30);/q;;+1/p-1/b15-14+;12-11+;/t21-,22-;18-,19-;/m11./s1. The van der Waals surface area contributed by atoms with Gasteiger partial charge in [-0.05, 0) is 108 Å². The van der Waals surface area contributed by atoms with Gasteiger partial charge in [-0.3, -0.25) is 4.79 Å². The number of rotatable bonds is 16. The zero-order valence-electron chi connectivity index (χ0n) is 38.4.